The number of rotatable bonds is 6. The van der Waals surface area contributed by atoms with Gasteiger partial charge in [-0.1, -0.05) is 49.4 Å². The van der Waals surface area contributed by atoms with Gasteiger partial charge in [-0.15, -0.1) is 0 Å². The van der Waals surface area contributed by atoms with Gasteiger partial charge in [0, 0.05) is 6.54 Å². The van der Waals surface area contributed by atoms with Gasteiger partial charge in [0.2, 0.25) is 0 Å². The van der Waals surface area contributed by atoms with Crippen LogP contribution in [-0.4, -0.2) is 11.7 Å². The van der Waals surface area contributed by atoms with Gasteiger partial charge < -0.3 is 10.4 Å². The van der Waals surface area contributed by atoms with Crippen LogP contribution in [0, 0.1) is 5.41 Å². The lowest BCUT2D eigenvalue weighted by atomic mass is 9.96. The van der Waals surface area contributed by atoms with Gasteiger partial charge in [0.15, 0.2) is 0 Å². The van der Waals surface area contributed by atoms with Crippen LogP contribution in [0.5, 0.6) is 5.75 Å². The molecule has 1 fully saturated rings. The average molecular weight is 281 g/mol. The first-order valence-electron chi connectivity index (χ1n) is 7.80. The summed E-state index contributed by atoms with van der Waals surface area (Å²) in [5.41, 5.74) is 2.99. The molecule has 2 N–H and O–H groups in total. The fourth-order valence-corrected chi connectivity index (χ4v) is 2.89. The van der Waals surface area contributed by atoms with Crippen molar-refractivity contribution >= 4 is 0 Å². The molecular weight excluding hydrogens is 258 g/mol. The number of hydrogen-bond acceptors (Lipinski definition) is 2. The van der Waals surface area contributed by atoms with E-state index < -0.39 is 0 Å². The van der Waals surface area contributed by atoms with E-state index in [1.807, 2.05) is 18.2 Å². The van der Waals surface area contributed by atoms with E-state index >= 15 is 0 Å². The van der Waals surface area contributed by atoms with Gasteiger partial charge in [0.05, 0.1) is 6.04 Å². The van der Waals surface area contributed by atoms with Crippen LogP contribution in [0.15, 0.2) is 54.6 Å². The molecule has 3 rings (SSSR count). The standard InChI is InChI=1S/C19H23NO/c1-2-19(12-13-19)14-20-18(15-6-4-3-5-7-15)16-8-10-17(21)11-9-16/h3-11,18,20-21H,2,12-14H2,1H3. The highest BCUT2D eigenvalue weighted by molar-refractivity contribution is 5.35. The van der Waals surface area contributed by atoms with E-state index in [1.165, 1.54) is 30.4 Å². The second kappa shape index (κ2) is 5.90. The molecule has 0 aliphatic heterocycles. The molecule has 2 heteroatoms. The molecule has 1 atom stereocenters. The summed E-state index contributed by atoms with van der Waals surface area (Å²) >= 11 is 0. The maximum absolute atomic E-state index is 9.50. The van der Waals surface area contributed by atoms with Crippen LogP contribution in [0.4, 0.5) is 0 Å². The van der Waals surface area contributed by atoms with Crippen LogP contribution < -0.4 is 5.32 Å². The predicted molar refractivity (Wildman–Crippen MR) is 86.4 cm³/mol. The van der Waals surface area contributed by atoms with Crippen molar-refractivity contribution < 1.29 is 5.11 Å². The van der Waals surface area contributed by atoms with Crippen LogP contribution in [0.3, 0.4) is 0 Å². The zero-order valence-corrected chi connectivity index (χ0v) is 12.5. The molecule has 2 aromatic rings. The number of benzene rings is 2. The molecule has 1 saturated carbocycles. The van der Waals surface area contributed by atoms with Gasteiger partial charge in [-0.05, 0) is 47.9 Å². The van der Waals surface area contributed by atoms with Crippen molar-refractivity contribution in [3.63, 3.8) is 0 Å². The van der Waals surface area contributed by atoms with Crippen molar-refractivity contribution in [2.75, 3.05) is 6.54 Å². The van der Waals surface area contributed by atoms with E-state index in [4.69, 9.17) is 0 Å². The Morgan fingerprint density at radius 3 is 2.19 bits per heavy atom. The Morgan fingerprint density at radius 2 is 1.62 bits per heavy atom. The van der Waals surface area contributed by atoms with E-state index in [0.717, 1.165) is 6.54 Å². The molecule has 0 bridgehead atoms. The highest BCUT2D eigenvalue weighted by atomic mass is 16.3. The molecule has 1 unspecified atom stereocenters. The summed E-state index contributed by atoms with van der Waals surface area (Å²) in [6.07, 6.45) is 3.93. The summed E-state index contributed by atoms with van der Waals surface area (Å²) in [6.45, 7) is 3.34. The molecule has 0 spiro atoms. The van der Waals surface area contributed by atoms with Gasteiger partial charge in [0.1, 0.15) is 5.75 Å². The van der Waals surface area contributed by atoms with Crippen molar-refractivity contribution in [2.24, 2.45) is 5.41 Å². The third-order valence-corrected chi connectivity index (χ3v) is 4.75. The highest BCUT2D eigenvalue weighted by Crippen LogP contribution is 2.48. The summed E-state index contributed by atoms with van der Waals surface area (Å²) < 4.78 is 0. The Hall–Kier alpha value is -1.80. The Morgan fingerprint density at radius 1 is 1.00 bits per heavy atom. The summed E-state index contributed by atoms with van der Waals surface area (Å²) in [5, 5.41) is 13.2. The highest BCUT2D eigenvalue weighted by Gasteiger charge is 2.40. The third kappa shape index (κ3) is 3.27. The number of nitrogens with one attached hydrogen (secondary N) is 1. The molecule has 0 amide bonds. The van der Waals surface area contributed by atoms with Crippen molar-refractivity contribution in [1.82, 2.24) is 5.32 Å². The Bertz CT molecular complexity index is 572. The lowest BCUT2D eigenvalue weighted by Gasteiger charge is -2.23. The maximum Gasteiger partial charge on any atom is 0.115 e. The van der Waals surface area contributed by atoms with Gasteiger partial charge in [-0.3, -0.25) is 0 Å². The molecule has 1 aliphatic rings. The second-order valence-corrected chi connectivity index (χ2v) is 6.17. The number of aromatic hydroxyl groups is 1. The van der Waals surface area contributed by atoms with E-state index in [2.05, 4.69) is 36.5 Å². The summed E-state index contributed by atoms with van der Waals surface area (Å²) in [4.78, 5) is 0. The van der Waals surface area contributed by atoms with Gasteiger partial charge in [-0.25, -0.2) is 0 Å². The minimum absolute atomic E-state index is 0.191. The van der Waals surface area contributed by atoms with Gasteiger partial charge >= 0.3 is 0 Å². The normalized spacial score (nSPS) is 17.4. The van der Waals surface area contributed by atoms with Crippen LogP contribution >= 0.6 is 0 Å². The molecule has 1 aliphatic carbocycles. The first-order chi connectivity index (χ1) is 10.2. The Kier molecular flexibility index (Phi) is 3.98. The summed E-state index contributed by atoms with van der Waals surface area (Å²) in [5.74, 6) is 0.317. The third-order valence-electron chi connectivity index (χ3n) is 4.75. The van der Waals surface area contributed by atoms with Crippen LogP contribution in [0.25, 0.3) is 0 Å². The van der Waals surface area contributed by atoms with E-state index in [9.17, 15) is 5.11 Å². The first kappa shape index (κ1) is 14.2. The Balaban J connectivity index is 1.82. The maximum atomic E-state index is 9.50. The number of hydrogen-bond donors (Lipinski definition) is 2. The summed E-state index contributed by atoms with van der Waals surface area (Å²) in [6, 6.07) is 18.3. The predicted octanol–water partition coefficient (Wildman–Crippen LogP) is 4.26. The fraction of sp³-hybridized carbons (Fsp3) is 0.368. The van der Waals surface area contributed by atoms with Gasteiger partial charge in [-0.2, -0.15) is 0 Å². The smallest absolute Gasteiger partial charge is 0.115 e. The molecular formula is C19H23NO. The van der Waals surface area contributed by atoms with Crippen LogP contribution in [0.2, 0.25) is 0 Å². The molecule has 2 nitrogen and oxygen atoms in total. The number of phenols is 1. The van der Waals surface area contributed by atoms with Crippen LogP contribution in [-0.2, 0) is 0 Å². The quantitative estimate of drug-likeness (QED) is 0.829. The number of phenolic OH excluding ortho intramolecular Hbond substituents is 1. The molecule has 2 aromatic carbocycles. The molecule has 0 radical (unpaired) electrons. The molecule has 0 aromatic heterocycles. The van der Waals surface area contributed by atoms with E-state index in [-0.39, 0.29) is 6.04 Å². The SMILES string of the molecule is CCC1(CNC(c2ccccc2)c2ccc(O)cc2)CC1. The lowest BCUT2D eigenvalue weighted by Crippen LogP contribution is -2.28. The molecule has 0 heterocycles. The summed E-state index contributed by atoms with van der Waals surface area (Å²) in [7, 11) is 0. The van der Waals surface area contributed by atoms with Crippen LogP contribution in [0.1, 0.15) is 43.4 Å². The second-order valence-electron chi connectivity index (χ2n) is 6.17. The van der Waals surface area contributed by atoms with E-state index in [1.54, 1.807) is 12.1 Å². The Labute approximate surface area is 126 Å². The van der Waals surface area contributed by atoms with Crippen molar-refractivity contribution in [3.8, 4) is 5.75 Å². The zero-order chi connectivity index (χ0) is 14.7. The first-order valence-corrected chi connectivity index (χ1v) is 7.80. The lowest BCUT2D eigenvalue weighted by molar-refractivity contribution is 0.423. The van der Waals surface area contributed by atoms with Crippen molar-refractivity contribution in [2.45, 2.75) is 32.2 Å². The van der Waals surface area contributed by atoms with Crippen molar-refractivity contribution in [1.29, 1.82) is 0 Å². The largest absolute Gasteiger partial charge is 0.508 e. The average Bonchev–Trinajstić information content (AvgIpc) is 3.31. The van der Waals surface area contributed by atoms with Crippen molar-refractivity contribution in [3.05, 3.63) is 65.7 Å². The zero-order valence-electron chi connectivity index (χ0n) is 12.5. The minimum Gasteiger partial charge on any atom is -0.508 e. The monoisotopic (exact) mass is 281 g/mol. The topological polar surface area (TPSA) is 32.3 Å². The fourth-order valence-electron chi connectivity index (χ4n) is 2.89. The van der Waals surface area contributed by atoms with E-state index in [0.29, 0.717) is 11.2 Å². The van der Waals surface area contributed by atoms with Gasteiger partial charge in [0.25, 0.3) is 0 Å². The molecule has 110 valence electrons. The minimum atomic E-state index is 0.191. The molecule has 21 heavy (non-hydrogen) atoms. The molecule has 0 saturated heterocycles.